The molecule has 0 bridgehead atoms. The molecule has 0 radical (unpaired) electrons. The maximum atomic E-state index is 11.0. The molecule has 5 nitrogen and oxygen atoms in total. The number of sulfonamides is 1. The van der Waals surface area contributed by atoms with Gasteiger partial charge in [-0.15, -0.1) is 0 Å². The van der Waals surface area contributed by atoms with Gasteiger partial charge in [-0.3, -0.25) is 9.52 Å². The van der Waals surface area contributed by atoms with Crippen molar-refractivity contribution in [1.82, 2.24) is 4.72 Å². The first-order valence-electron chi connectivity index (χ1n) is 3.69. The zero-order valence-corrected chi connectivity index (χ0v) is 8.02. The van der Waals surface area contributed by atoms with Crippen molar-refractivity contribution >= 4 is 15.9 Å². The molecular formula is C6H14N2O3S. The summed E-state index contributed by atoms with van der Waals surface area (Å²) in [6.45, 7) is 3.15. The molecule has 0 unspecified atom stereocenters. The number of hydrogen-bond acceptors (Lipinski definition) is 4. The van der Waals surface area contributed by atoms with Crippen molar-refractivity contribution in [2.24, 2.45) is 5.73 Å². The van der Waals surface area contributed by atoms with Crippen LogP contribution in [0.4, 0.5) is 0 Å². The van der Waals surface area contributed by atoms with Crippen LogP contribution < -0.4 is 10.5 Å². The van der Waals surface area contributed by atoms with Gasteiger partial charge >= 0.3 is 0 Å². The molecule has 0 aromatic heterocycles. The summed E-state index contributed by atoms with van der Waals surface area (Å²) in [5, 5.41) is 0. The molecule has 3 N–H and O–H groups in total. The van der Waals surface area contributed by atoms with Crippen LogP contribution in [0, 0.1) is 0 Å². The average molecular weight is 194 g/mol. The summed E-state index contributed by atoms with van der Waals surface area (Å²) in [7, 11) is -3.46. The Morgan fingerprint density at radius 2 is 2.08 bits per heavy atom. The highest BCUT2D eigenvalue weighted by Crippen LogP contribution is 1.89. The van der Waals surface area contributed by atoms with Crippen molar-refractivity contribution in [3.05, 3.63) is 0 Å². The number of carbonyl (C=O) groups is 1. The van der Waals surface area contributed by atoms with Crippen LogP contribution in [0.15, 0.2) is 0 Å². The summed E-state index contributed by atoms with van der Waals surface area (Å²) < 4.78 is 23.8. The van der Waals surface area contributed by atoms with Crippen LogP contribution in [0.3, 0.4) is 0 Å². The first-order valence-corrected chi connectivity index (χ1v) is 5.34. The van der Waals surface area contributed by atoms with Crippen LogP contribution >= 0.6 is 0 Å². The molecule has 6 heteroatoms. The quantitative estimate of drug-likeness (QED) is 0.612. The van der Waals surface area contributed by atoms with Crippen molar-refractivity contribution < 1.29 is 13.2 Å². The van der Waals surface area contributed by atoms with E-state index in [1.54, 1.807) is 6.92 Å². The largest absolute Gasteiger partial charge is 0.320 e. The van der Waals surface area contributed by atoms with Gasteiger partial charge in [0.1, 0.15) is 0 Å². The van der Waals surface area contributed by atoms with E-state index in [-0.39, 0.29) is 5.75 Å². The predicted octanol–water partition coefficient (Wildman–Crippen LogP) is -0.810. The van der Waals surface area contributed by atoms with E-state index in [0.29, 0.717) is 6.42 Å². The fourth-order valence-electron chi connectivity index (χ4n) is 0.566. The highest BCUT2D eigenvalue weighted by atomic mass is 32.2. The van der Waals surface area contributed by atoms with Gasteiger partial charge in [0.25, 0.3) is 0 Å². The summed E-state index contributed by atoms with van der Waals surface area (Å²) in [5.41, 5.74) is 5.16. The van der Waals surface area contributed by atoms with Gasteiger partial charge in [-0.1, -0.05) is 6.92 Å². The molecule has 1 atom stereocenters. The summed E-state index contributed by atoms with van der Waals surface area (Å²) in [6, 6.07) is -0.795. The second-order valence-electron chi connectivity index (χ2n) is 2.57. The van der Waals surface area contributed by atoms with Gasteiger partial charge in [0.05, 0.1) is 11.8 Å². The van der Waals surface area contributed by atoms with Gasteiger partial charge < -0.3 is 5.73 Å². The lowest BCUT2D eigenvalue weighted by Crippen LogP contribution is -2.42. The van der Waals surface area contributed by atoms with E-state index >= 15 is 0 Å². The summed E-state index contributed by atoms with van der Waals surface area (Å²) in [4.78, 5) is 10.8. The zero-order chi connectivity index (χ0) is 9.78. The van der Waals surface area contributed by atoms with Gasteiger partial charge in [0, 0.05) is 0 Å². The van der Waals surface area contributed by atoms with Crippen LogP contribution in [0.5, 0.6) is 0 Å². The molecule has 1 amide bonds. The molecule has 0 aliphatic rings. The van der Waals surface area contributed by atoms with Gasteiger partial charge in [-0.2, -0.15) is 0 Å². The van der Waals surface area contributed by atoms with Crippen molar-refractivity contribution in [3.63, 3.8) is 0 Å². The Hall–Kier alpha value is -0.620. The number of carbonyl (C=O) groups excluding carboxylic acids is 1. The third kappa shape index (κ3) is 4.30. The fourth-order valence-corrected chi connectivity index (χ4v) is 1.70. The van der Waals surface area contributed by atoms with Crippen LogP contribution in [-0.2, 0) is 14.8 Å². The number of amides is 1. The predicted molar refractivity (Wildman–Crippen MR) is 45.9 cm³/mol. The third-order valence-electron chi connectivity index (χ3n) is 1.14. The zero-order valence-electron chi connectivity index (χ0n) is 7.20. The molecule has 0 aliphatic carbocycles. The van der Waals surface area contributed by atoms with Crippen LogP contribution in [0.1, 0.15) is 20.3 Å². The van der Waals surface area contributed by atoms with Crippen molar-refractivity contribution in [2.75, 3.05) is 5.75 Å². The molecule has 0 rings (SSSR count). The SMILES string of the molecule is CCCS(=O)(=O)NC(=O)[C@@H](C)N. The molecular weight excluding hydrogens is 180 g/mol. The Kier molecular flexibility index (Phi) is 4.19. The molecule has 0 saturated heterocycles. The van der Waals surface area contributed by atoms with Crippen LogP contribution in [0.25, 0.3) is 0 Å². The van der Waals surface area contributed by atoms with E-state index in [9.17, 15) is 13.2 Å². The fraction of sp³-hybridized carbons (Fsp3) is 0.833. The lowest BCUT2D eigenvalue weighted by molar-refractivity contribution is -0.120. The first kappa shape index (κ1) is 11.4. The lowest BCUT2D eigenvalue weighted by Gasteiger charge is -2.07. The second-order valence-corrected chi connectivity index (χ2v) is 4.42. The molecule has 0 aromatic carbocycles. The monoisotopic (exact) mass is 194 g/mol. The average Bonchev–Trinajstić information content (AvgIpc) is 1.85. The Morgan fingerprint density at radius 1 is 1.58 bits per heavy atom. The molecule has 0 spiro atoms. The highest BCUT2D eigenvalue weighted by molar-refractivity contribution is 7.90. The van der Waals surface area contributed by atoms with Gasteiger partial charge in [0.2, 0.25) is 15.9 Å². The smallest absolute Gasteiger partial charge is 0.250 e. The summed E-state index contributed by atoms with van der Waals surface area (Å²) in [5.74, 6) is -0.714. The summed E-state index contributed by atoms with van der Waals surface area (Å²) >= 11 is 0. The molecule has 0 aliphatic heterocycles. The van der Waals surface area contributed by atoms with Crippen molar-refractivity contribution in [2.45, 2.75) is 26.3 Å². The van der Waals surface area contributed by atoms with E-state index in [1.807, 2.05) is 4.72 Å². The molecule has 0 saturated carbocycles. The van der Waals surface area contributed by atoms with Gasteiger partial charge in [-0.05, 0) is 13.3 Å². The molecule has 0 aromatic rings. The molecule has 72 valence electrons. The standard InChI is InChI=1S/C6H14N2O3S/c1-3-4-12(10,11)8-6(9)5(2)7/h5H,3-4,7H2,1-2H3,(H,8,9)/t5-/m1/s1. The minimum Gasteiger partial charge on any atom is -0.320 e. The van der Waals surface area contributed by atoms with Crippen molar-refractivity contribution in [3.8, 4) is 0 Å². The number of rotatable bonds is 4. The Labute approximate surface area is 72.4 Å². The normalized spacial score (nSPS) is 13.9. The van der Waals surface area contributed by atoms with Crippen LogP contribution in [0.2, 0.25) is 0 Å². The van der Waals surface area contributed by atoms with E-state index in [2.05, 4.69) is 0 Å². The van der Waals surface area contributed by atoms with E-state index < -0.39 is 22.0 Å². The maximum Gasteiger partial charge on any atom is 0.250 e. The highest BCUT2D eigenvalue weighted by Gasteiger charge is 2.15. The summed E-state index contributed by atoms with van der Waals surface area (Å²) in [6.07, 6.45) is 0.474. The maximum absolute atomic E-state index is 11.0. The lowest BCUT2D eigenvalue weighted by atomic mass is 10.4. The minimum absolute atomic E-state index is 0.0501. The third-order valence-corrected chi connectivity index (χ3v) is 2.60. The van der Waals surface area contributed by atoms with Crippen LogP contribution in [-0.4, -0.2) is 26.1 Å². The Bertz CT molecular complexity index is 246. The Balaban J connectivity index is 4.17. The van der Waals surface area contributed by atoms with Gasteiger partial charge in [0.15, 0.2) is 0 Å². The van der Waals surface area contributed by atoms with Gasteiger partial charge in [-0.25, -0.2) is 8.42 Å². The molecule has 12 heavy (non-hydrogen) atoms. The van der Waals surface area contributed by atoms with E-state index in [0.717, 1.165) is 0 Å². The second kappa shape index (κ2) is 4.42. The number of nitrogens with one attached hydrogen (secondary N) is 1. The number of nitrogens with two attached hydrogens (primary N) is 1. The minimum atomic E-state index is -3.46. The Morgan fingerprint density at radius 3 is 2.42 bits per heavy atom. The molecule has 0 fully saturated rings. The first-order chi connectivity index (χ1) is 5.39. The van der Waals surface area contributed by atoms with E-state index in [1.165, 1.54) is 6.92 Å². The van der Waals surface area contributed by atoms with Crippen molar-refractivity contribution in [1.29, 1.82) is 0 Å². The molecule has 0 heterocycles. The van der Waals surface area contributed by atoms with E-state index in [4.69, 9.17) is 5.73 Å². The number of hydrogen-bond donors (Lipinski definition) is 2. The topological polar surface area (TPSA) is 89.3 Å².